The summed E-state index contributed by atoms with van der Waals surface area (Å²) in [6.07, 6.45) is 0. The third-order valence-electron chi connectivity index (χ3n) is 4.39. The summed E-state index contributed by atoms with van der Waals surface area (Å²) in [6.45, 7) is 3.95. The number of ether oxygens (including phenoxy) is 1. The van der Waals surface area contributed by atoms with E-state index in [0.29, 0.717) is 49.9 Å². The summed E-state index contributed by atoms with van der Waals surface area (Å²) in [7, 11) is 0. The summed E-state index contributed by atoms with van der Waals surface area (Å²) in [6, 6.07) is 13.5. The Morgan fingerprint density at radius 3 is 2.41 bits per heavy atom. The fourth-order valence-electron chi connectivity index (χ4n) is 3.03. The lowest BCUT2D eigenvalue weighted by Crippen LogP contribution is -2.51. The molecule has 2 aromatic rings. The average Bonchev–Trinajstić information content (AvgIpc) is 2.69. The van der Waals surface area contributed by atoms with Crippen LogP contribution in [0.5, 0.6) is 5.75 Å². The van der Waals surface area contributed by atoms with Crippen LogP contribution in [0.25, 0.3) is 0 Å². The van der Waals surface area contributed by atoms with E-state index in [2.05, 4.69) is 5.32 Å². The largest absolute Gasteiger partial charge is 0.492 e. The minimum Gasteiger partial charge on any atom is -0.492 e. The molecule has 0 radical (unpaired) electrons. The van der Waals surface area contributed by atoms with Gasteiger partial charge in [-0.1, -0.05) is 24.3 Å². The molecule has 0 aliphatic carbocycles. The van der Waals surface area contributed by atoms with Crippen molar-refractivity contribution in [3.8, 4) is 5.75 Å². The van der Waals surface area contributed by atoms with Crippen molar-refractivity contribution in [3.05, 3.63) is 54.3 Å². The molecule has 0 spiro atoms. The van der Waals surface area contributed by atoms with Gasteiger partial charge in [-0.15, -0.1) is 0 Å². The molecule has 0 unspecified atom stereocenters. The number of amides is 2. The van der Waals surface area contributed by atoms with Crippen molar-refractivity contribution in [2.45, 2.75) is 6.92 Å². The minimum absolute atomic E-state index is 0.289. The van der Waals surface area contributed by atoms with Crippen LogP contribution in [0.2, 0.25) is 0 Å². The van der Waals surface area contributed by atoms with E-state index in [1.54, 1.807) is 42.5 Å². The molecule has 3 rings (SSSR count). The van der Waals surface area contributed by atoms with Crippen LogP contribution >= 0.6 is 0 Å². The van der Waals surface area contributed by atoms with Crippen LogP contribution in [0.4, 0.5) is 15.8 Å². The third kappa shape index (κ3) is 4.36. The number of carbonyl (C=O) groups excluding carboxylic acids is 2. The Bertz CT molecular complexity index is 820. The number of nitrogens with zero attached hydrogens (tertiary/aromatic N) is 2. The fourth-order valence-corrected chi connectivity index (χ4v) is 3.03. The van der Waals surface area contributed by atoms with Gasteiger partial charge in [-0.25, -0.2) is 4.39 Å². The van der Waals surface area contributed by atoms with Crippen molar-refractivity contribution in [3.63, 3.8) is 0 Å². The highest BCUT2D eigenvalue weighted by molar-refractivity contribution is 6.39. The van der Waals surface area contributed by atoms with Gasteiger partial charge in [0.1, 0.15) is 11.6 Å². The van der Waals surface area contributed by atoms with Gasteiger partial charge in [-0.2, -0.15) is 0 Å². The highest BCUT2D eigenvalue weighted by atomic mass is 19.1. The number of para-hydroxylation sites is 3. The van der Waals surface area contributed by atoms with Gasteiger partial charge in [0.05, 0.1) is 18.0 Å². The molecule has 2 aromatic carbocycles. The number of halogens is 1. The van der Waals surface area contributed by atoms with Crippen LogP contribution in [0, 0.1) is 5.82 Å². The molecule has 1 aliphatic rings. The highest BCUT2D eigenvalue weighted by Gasteiger charge is 2.27. The fraction of sp³-hybridized carbons (Fsp3) is 0.300. The second kappa shape index (κ2) is 8.53. The molecule has 1 aliphatic heterocycles. The summed E-state index contributed by atoms with van der Waals surface area (Å²) in [5.41, 5.74) is 0.974. The summed E-state index contributed by atoms with van der Waals surface area (Å²) in [4.78, 5) is 28.2. The molecule has 1 heterocycles. The lowest BCUT2D eigenvalue weighted by Gasteiger charge is -2.35. The van der Waals surface area contributed by atoms with E-state index in [1.165, 1.54) is 11.0 Å². The Hall–Kier alpha value is -3.09. The summed E-state index contributed by atoms with van der Waals surface area (Å²) in [5, 5.41) is 2.62. The zero-order chi connectivity index (χ0) is 19.2. The highest BCUT2D eigenvalue weighted by Crippen LogP contribution is 2.24. The Kier molecular flexibility index (Phi) is 5.90. The molecule has 0 aromatic heterocycles. The quantitative estimate of drug-likeness (QED) is 0.839. The molecule has 2 amide bonds. The molecule has 6 nitrogen and oxygen atoms in total. The summed E-state index contributed by atoms with van der Waals surface area (Å²) < 4.78 is 19.4. The molecule has 0 saturated carbocycles. The van der Waals surface area contributed by atoms with Crippen LogP contribution in [-0.4, -0.2) is 49.5 Å². The van der Waals surface area contributed by atoms with Crippen molar-refractivity contribution in [1.82, 2.24) is 4.90 Å². The monoisotopic (exact) mass is 371 g/mol. The van der Waals surface area contributed by atoms with E-state index in [1.807, 2.05) is 11.8 Å². The van der Waals surface area contributed by atoms with E-state index in [-0.39, 0.29) is 5.82 Å². The molecular weight excluding hydrogens is 349 g/mol. The number of piperazine rings is 1. The lowest BCUT2D eigenvalue weighted by molar-refractivity contribution is -0.143. The zero-order valence-electron chi connectivity index (χ0n) is 15.2. The summed E-state index contributed by atoms with van der Waals surface area (Å²) in [5.74, 6) is -1.08. The van der Waals surface area contributed by atoms with E-state index < -0.39 is 11.8 Å². The molecule has 1 saturated heterocycles. The zero-order valence-corrected chi connectivity index (χ0v) is 15.2. The maximum Gasteiger partial charge on any atom is 0.314 e. The van der Waals surface area contributed by atoms with E-state index in [0.717, 1.165) is 0 Å². The Labute approximate surface area is 157 Å². The topological polar surface area (TPSA) is 61.9 Å². The van der Waals surface area contributed by atoms with Gasteiger partial charge in [-0.3, -0.25) is 9.59 Å². The molecule has 7 heteroatoms. The second-order valence-electron chi connectivity index (χ2n) is 6.11. The number of hydrogen-bond acceptors (Lipinski definition) is 4. The standard InChI is InChI=1S/C20H22FN3O3/c1-2-27-18-10-6-4-8-16(18)22-19(25)20(26)24-13-11-23(12-14-24)17-9-5-3-7-15(17)21/h3-10H,2,11-14H2,1H3,(H,22,25). The SMILES string of the molecule is CCOc1ccccc1NC(=O)C(=O)N1CCN(c2ccccc2F)CC1. The maximum absolute atomic E-state index is 13.9. The molecule has 27 heavy (non-hydrogen) atoms. The minimum atomic E-state index is -0.707. The number of carbonyl (C=O) groups is 2. The van der Waals surface area contributed by atoms with Gasteiger partial charge < -0.3 is 19.9 Å². The van der Waals surface area contributed by atoms with Gasteiger partial charge in [0.2, 0.25) is 0 Å². The first-order valence-corrected chi connectivity index (χ1v) is 8.91. The van der Waals surface area contributed by atoms with Crippen LogP contribution in [-0.2, 0) is 9.59 Å². The van der Waals surface area contributed by atoms with Crippen molar-refractivity contribution in [2.24, 2.45) is 0 Å². The summed E-state index contributed by atoms with van der Waals surface area (Å²) >= 11 is 0. The van der Waals surface area contributed by atoms with E-state index in [4.69, 9.17) is 4.74 Å². The molecule has 1 fully saturated rings. The number of benzene rings is 2. The molecule has 142 valence electrons. The number of anilines is 2. The predicted octanol–water partition coefficient (Wildman–Crippen LogP) is 2.51. The van der Waals surface area contributed by atoms with Gasteiger partial charge >= 0.3 is 11.8 Å². The number of rotatable bonds is 4. The molecule has 0 bridgehead atoms. The number of nitrogens with one attached hydrogen (secondary N) is 1. The maximum atomic E-state index is 13.9. The average molecular weight is 371 g/mol. The Morgan fingerprint density at radius 1 is 1.04 bits per heavy atom. The van der Waals surface area contributed by atoms with Gasteiger partial charge in [0, 0.05) is 26.2 Å². The van der Waals surface area contributed by atoms with Crippen LogP contribution in [0.3, 0.4) is 0 Å². The van der Waals surface area contributed by atoms with Gasteiger partial charge in [0.25, 0.3) is 0 Å². The molecule has 1 N–H and O–H groups in total. The smallest absolute Gasteiger partial charge is 0.314 e. The van der Waals surface area contributed by atoms with Crippen molar-refractivity contribution in [2.75, 3.05) is 43.0 Å². The van der Waals surface area contributed by atoms with Crippen LogP contribution in [0.15, 0.2) is 48.5 Å². The third-order valence-corrected chi connectivity index (χ3v) is 4.39. The van der Waals surface area contributed by atoms with Crippen molar-refractivity contribution < 1.29 is 18.7 Å². The predicted molar refractivity (Wildman–Crippen MR) is 101 cm³/mol. The second-order valence-corrected chi connectivity index (χ2v) is 6.11. The normalized spacial score (nSPS) is 14.0. The van der Waals surface area contributed by atoms with E-state index >= 15 is 0 Å². The first kappa shape index (κ1) is 18.7. The first-order chi connectivity index (χ1) is 13.1. The van der Waals surface area contributed by atoms with Crippen molar-refractivity contribution >= 4 is 23.2 Å². The van der Waals surface area contributed by atoms with Gasteiger partial charge in [-0.05, 0) is 31.2 Å². The van der Waals surface area contributed by atoms with Crippen LogP contribution < -0.4 is 15.0 Å². The lowest BCUT2D eigenvalue weighted by atomic mass is 10.2. The van der Waals surface area contributed by atoms with E-state index in [9.17, 15) is 14.0 Å². The van der Waals surface area contributed by atoms with Gasteiger partial charge in [0.15, 0.2) is 0 Å². The molecular formula is C20H22FN3O3. The number of hydrogen-bond donors (Lipinski definition) is 1. The first-order valence-electron chi connectivity index (χ1n) is 8.91. The molecule has 0 atom stereocenters. The van der Waals surface area contributed by atoms with Crippen molar-refractivity contribution in [1.29, 1.82) is 0 Å². The Balaban J connectivity index is 1.59. The Morgan fingerprint density at radius 2 is 1.70 bits per heavy atom. The van der Waals surface area contributed by atoms with Crippen LogP contribution in [0.1, 0.15) is 6.92 Å².